The predicted molar refractivity (Wildman–Crippen MR) is 104 cm³/mol. The van der Waals surface area contributed by atoms with Gasteiger partial charge in [-0.05, 0) is 30.3 Å². The molecular formula is C20H15F4N3O6S. The van der Waals surface area contributed by atoms with E-state index in [1.165, 1.54) is 12.1 Å². The fourth-order valence-electron chi connectivity index (χ4n) is 3.29. The SMILES string of the molecule is N#Cc1ccc(O[C@H]2CN(S(=O)(=O)c3ccc(OC(F)(F)F)cc3C#N)C[C@@]2(O)CO)cc1F. The van der Waals surface area contributed by atoms with Gasteiger partial charge in [0.15, 0.2) is 0 Å². The van der Waals surface area contributed by atoms with Crippen molar-refractivity contribution in [2.24, 2.45) is 0 Å². The summed E-state index contributed by atoms with van der Waals surface area (Å²) < 4.78 is 87.3. The van der Waals surface area contributed by atoms with Crippen molar-refractivity contribution in [2.75, 3.05) is 19.7 Å². The van der Waals surface area contributed by atoms with Crippen molar-refractivity contribution in [1.29, 1.82) is 10.5 Å². The van der Waals surface area contributed by atoms with Crippen LogP contribution in [-0.2, 0) is 10.0 Å². The van der Waals surface area contributed by atoms with Crippen molar-refractivity contribution >= 4 is 10.0 Å². The Balaban J connectivity index is 1.90. The molecule has 0 unspecified atom stereocenters. The number of nitriles is 2. The van der Waals surface area contributed by atoms with Crippen LogP contribution in [0.25, 0.3) is 0 Å². The highest BCUT2D eigenvalue weighted by atomic mass is 32.2. The van der Waals surface area contributed by atoms with E-state index < -0.39 is 69.8 Å². The van der Waals surface area contributed by atoms with Crippen molar-refractivity contribution in [3.05, 3.63) is 53.3 Å². The minimum atomic E-state index is -5.06. The van der Waals surface area contributed by atoms with Gasteiger partial charge in [-0.1, -0.05) is 0 Å². The van der Waals surface area contributed by atoms with Gasteiger partial charge in [0.1, 0.15) is 46.1 Å². The van der Waals surface area contributed by atoms with Gasteiger partial charge in [0, 0.05) is 12.6 Å². The van der Waals surface area contributed by atoms with Gasteiger partial charge < -0.3 is 19.7 Å². The average Bonchev–Trinajstić information content (AvgIpc) is 3.10. The predicted octanol–water partition coefficient (Wildman–Crippen LogP) is 1.64. The Morgan fingerprint density at radius 3 is 2.32 bits per heavy atom. The van der Waals surface area contributed by atoms with E-state index in [9.17, 15) is 41.5 Å². The molecule has 2 N–H and O–H groups in total. The van der Waals surface area contributed by atoms with Crippen LogP contribution >= 0.6 is 0 Å². The van der Waals surface area contributed by atoms with Crippen molar-refractivity contribution in [3.8, 4) is 23.6 Å². The number of hydrogen-bond acceptors (Lipinski definition) is 8. The van der Waals surface area contributed by atoms with E-state index in [4.69, 9.17) is 10.00 Å². The Morgan fingerprint density at radius 2 is 1.76 bits per heavy atom. The van der Waals surface area contributed by atoms with Gasteiger partial charge in [0.2, 0.25) is 10.0 Å². The lowest BCUT2D eigenvalue weighted by Gasteiger charge is -2.27. The van der Waals surface area contributed by atoms with Crippen LogP contribution in [0.1, 0.15) is 11.1 Å². The van der Waals surface area contributed by atoms with Gasteiger partial charge >= 0.3 is 6.36 Å². The Morgan fingerprint density at radius 1 is 1.12 bits per heavy atom. The van der Waals surface area contributed by atoms with E-state index >= 15 is 0 Å². The van der Waals surface area contributed by atoms with Crippen LogP contribution in [0.5, 0.6) is 11.5 Å². The Hall–Kier alpha value is -3.43. The number of halogens is 4. The molecule has 1 heterocycles. The summed E-state index contributed by atoms with van der Waals surface area (Å²) >= 11 is 0. The number of sulfonamides is 1. The number of ether oxygens (including phenoxy) is 2. The van der Waals surface area contributed by atoms with Crippen LogP contribution in [0.15, 0.2) is 41.3 Å². The molecule has 2 aromatic carbocycles. The fraction of sp³-hybridized carbons (Fsp3) is 0.300. The summed E-state index contributed by atoms with van der Waals surface area (Å²) in [6.45, 7) is -2.19. The minimum absolute atomic E-state index is 0.154. The van der Waals surface area contributed by atoms with Crippen LogP contribution in [-0.4, -0.2) is 60.7 Å². The third kappa shape index (κ3) is 5.05. The second-order valence-electron chi connectivity index (χ2n) is 7.24. The minimum Gasteiger partial charge on any atom is -0.486 e. The topological polar surface area (TPSA) is 144 Å². The van der Waals surface area contributed by atoms with Crippen molar-refractivity contribution in [1.82, 2.24) is 4.31 Å². The molecule has 2 aromatic rings. The second-order valence-corrected chi connectivity index (χ2v) is 9.14. The van der Waals surface area contributed by atoms with Crippen LogP contribution in [0, 0.1) is 28.5 Å². The summed E-state index contributed by atoms with van der Waals surface area (Å²) in [7, 11) is -4.56. The normalized spacial score (nSPS) is 21.0. The molecule has 2 atom stereocenters. The number of β-amino-alcohol motifs (C(OH)–C–C–N with tert-alkyl or cyclic N) is 1. The Labute approximate surface area is 190 Å². The zero-order chi connectivity index (χ0) is 25.3. The molecule has 0 aromatic heterocycles. The molecule has 1 aliphatic heterocycles. The van der Waals surface area contributed by atoms with Crippen molar-refractivity contribution in [3.63, 3.8) is 0 Å². The highest BCUT2D eigenvalue weighted by Gasteiger charge is 2.51. The number of hydrogen-bond donors (Lipinski definition) is 2. The third-order valence-electron chi connectivity index (χ3n) is 4.95. The molecule has 3 rings (SSSR count). The molecular weight excluding hydrogens is 486 g/mol. The van der Waals surface area contributed by atoms with Crippen molar-refractivity contribution < 1.29 is 45.7 Å². The summed E-state index contributed by atoms with van der Waals surface area (Å²) in [5, 5.41) is 38.5. The van der Waals surface area contributed by atoms with Gasteiger partial charge in [0.25, 0.3) is 0 Å². The molecule has 1 aliphatic rings. The summed E-state index contributed by atoms with van der Waals surface area (Å²) in [6, 6.07) is 8.33. The number of alkyl halides is 3. The molecule has 0 spiro atoms. The number of rotatable bonds is 6. The molecule has 0 saturated carbocycles. The van der Waals surface area contributed by atoms with E-state index in [1.807, 2.05) is 0 Å². The second kappa shape index (κ2) is 9.08. The molecule has 0 radical (unpaired) electrons. The number of aliphatic hydroxyl groups is 2. The first-order valence-electron chi connectivity index (χ1n) is 9.32. The highest BCUT2D eigenvalue weighted by molar-refractivity contribution is 7.89. The standard InChI is InChI=1S/C20H15F4N3O6S/c21-16-6-14(2-1-12(16)7-25)32-18-9-27(10-19(18,29)11-28)34(30,31)17-4-3-15(5-13(17)8-26)33-20(22,23)24/h1-6,18,28-29H,9-11H2/t18-,19+/m0/s1. The maximum Gasteiger partial charge on any atom is 0.573 e. The smallest absolute Gasteiger partial charge is 0.486 e. The van der Waals surface area contributed by atoms with Gasteiger partial charge in [-0.3, -0.25) is 0 Å². The maximum absolute atomic E-state index is 13.9. The molecule has 1 saturated heterocycles. The summed E-state index contributed by atoms with van der Waals surface area (Å²) in [5.41, 5.74) is -3.06. The van der Waals surface area contributed by atoms with Gasteiger partial charge in [-0.15, -0.1) is 13.2 Å². The van der Waals surface area contributed by atoms with E-state index in [-0.39, 0.29) is 11.3 Å². The van der Waals surface area contributed by atoms with Crippen molar-refractivity contribution in [2.45, 2.75) is 23.0 Å². The van der Waals surface area contributed by atoms with Crippen LogP contribution in [0.3, 0.4) is 0 Å². The van der Waals surface area contributed by atoms with E-state index in [2.05, 4.69) is 4.74 Å². The van der Waals surface area contributed by atoms with Gasteiger partial charge in [-0.2, -0.15) is 14.8 Å². The molecule has 14 heteroatoms. The number of nitrogens with zero attached hydrogens (tertiary/aromatic N) is 3. The maximum atomic E-state index is 13.9. The van der Waals surface area contributed by atoms with E-state index in [1.54, 1.807) is 6.07 Å². The zero-order valence-corrected chi connectivity index (χ0v) is 17.8. The summed E-state index contributed by atoms with van der Waals surface area (Å²) in [6.07, 6.45) is -6.45. The Bertz CT molecular complexity index is 1290. The quantitative estimate of drug-likeness (QED) is 0.569. The van der Waals surface area contributed by atoms with Crippen LogP contribution in [0.4, 0.5) is 17.6 Å². The van der Waals surface area contributed by atoms with E-state index in [0.29, 0.717) is 16.4 Å². The molecule has 0 aliphatic carbocycles. The lowest BCUT2D eigenvalue weighted by Crippen LogP contribution is -2.48. The molecule has 9 nitrogen and oxygen atoms in total. The van der Waals surface area contributed by atoms with Crippen LogP contribution < -0.4 is 9.47 Å². The summed E-state index contributed by atoms with van der Waals surface area (Å²) in [4.78, 5) is -0.658. The molecule has 180 valence electrons. The summed E-state index contributed by atoms with van der Waals surface area (Å²) in [5.74, 6) is -1.88. The molecule has 0 amide bonds. The first-order valence-corrected chi connectivity index (χ1v) is 10.8. The number of benzene rings is 2. The molecule has 34 heavy (non-hydrogen) atoms. The van der Waals surface area contributed by atoms with Gasteiger partial charge in [-0.25, -0.2) is 12.8 Å². The average molecular weight is 501 g/mol. The Kier molecular flexibility index (Phi) is 6.73. The fourth-order valence-corrected chi connectivity index (χ4v) is 4.92. The van der Waals surface area contributed by atoms with Gasteiger partial charge in [0.05, 0.1) is 24.3 Å². The highest BCUT2D eigenvalue weighted by Crippen LogP contribution is 2.33. The monoisotopic (exact) mass is 501 g/mol. The molecule has 1 fully saturated rings. The lowest BCUT2D eigenvalue weighted by molar-refractivity contribution is -0.274. The largest absolute Gasteiger partial charge is 0.573 e. The zero-order valence-electron chi connectivity index (χ0n) is 17.0. The first kappa shape index (κ1) is 25.2. The lowest BCUT2D eigenvalue weighted by atomic mass is 10.0. The third-order valence-corrected chi connectivity index (χ3v) is 6.82. The first-order chi connectivity index (χ1) is 15.8. The van der Waals surface area contributed by atoms with Crippen LogP contribution in [0.2, 0.25) is 0 Å². The molecule has 0 bridgehead atoms. The number of aliphatic hydroxyl groups excluding tert-OH is 1. The van der Waals surface area contributed by atoms with E-state index in [0.717, 1.165) is 18.2 Å².